The number of nitrogens with one attached hydrogen (secondary N) is 1. The molecule has 0 radical (unpaired) electrons. The first-order valence-electron chi connectivity index (χ1n) is 6.51. The molecule has 1 amide bonds. The average molecular weight is 309 g/mol. The van der Waals surface area contributed by atoms with Crippen LogP contribution in [0.5, 0.6) is 0 Å². The van der Waals surface area contributed by atoms with Crippen LogP contribution < -0.4 is 5.32 Å². The summed E-state index contributed by atoms with van der Waals surface area (Å²) in [5.41, 5.74) is 0.633. The minimum Gasteiger partial charge on any atom is -0.347 e. The van der Waals surface area contributed by atoms with E-state index in [9.17, 15) is 18.0 Å². The molecule has 1 aromatic heterocycles. The molecule has 0 bridgehead atoms. The summed E-state index contributed by atoms with van der Waals surface area (Å²) < 4.78 is 38.5. The number of aryl methyl sites for hydroxylation is 2. The lowest BCUT2D eigenvalue weighted by molar-refractivity contribution is -0.138. The van der Waals surface area contributed by atoms with Gasteiger partial charge in [-0.15, -0.1) is 0 Å². The summed E-state index contributed by atoms with van der Waals surface area (Å²) in [6.45, 7) is 3.11. The average Bonchev–Trinajstić information content (AvgIpc) is 2.45. The highest BCUT2D eigenvalue weighted by Crippen LogP contribution is 2.32. The van der Waals surface area contributed by atoms with Gasteiger partial charge in [-0.2, -0.15) is 13.2 Å². The third kappa shape index (κ3) is 3.81. The van der Waals surface area contributed by atoms with Gasteiger partial charge in [0.25, 0.3) is 5.91 Å². The third-order valence-electron chi connectivity index (χ3n) is 3.10. The molecule has 2 rings (SSSR count). The van der Waals surface area contributed by atoms with Crippen LogP contribution >= 0.6 is 0 Å². The van der Waals surface area contributed by atoms with E-state index in [1.807, 2.05) is 0 Å². The van der Waals surface area contributed by atoms with Crippen molar-refractivity contribution in [2.45, 2.75) is 26.6 Å². The van der Waals surface area contributed by atoms with Gasteiger partial charge in [-0.05, 0) is 37.1 Å². The fraction of sp³-hybridized carbons (Fsp3) is 0.267. The van der Waals surface area contributed by atoms with Gasteiger partial charge < -0.3 is 5.32 Å². The third-order valence-corrected chi connectivity index (χ3v) is 3.10. The number of carbonyl (C=O) groups is 1. The molecule has 22 heavy (non-hydrogen) atoms. The molecule has 116 valence electrons. The number of alkyl halides is 3. The molecule has 0 fully saturated rings. The second-order valence-corrected chi connectivity index (χ2v) is 4.87. The van der Waals surface area contributed by atoms with Crippen molar-refractivity contribution < 1.29 is 18.0 Å². The summed E-state index contributed by atoms with van der Waals surface area (Å²) in [6, 6.07) is 5.49. The van der Waals surface area contributed by atoms with Gasteiger partial charge in [-0.1, -0.05) is 12.1 Å². The molecule has 4 nitrogen and oxygen atoms in total. The molecule has 0 spiro atoms. The van der Waals surface area contributed by atoms with E-state index < -0.39 is 17.6 Å². The van der Waals surface area contributed by atoms with E-state index in [2.05, 4.69) is 15.3 Å². The van der Waals surface area contributed by atoms with E-state index in [1.54, 1.807) is 13.0 Å². The minimum atomic E-state index is -4.41. The standard InChI is InChI=1S/C15H14F3N3O/c1-9-3-4-11(6-12(9)15(16,17)18)7-19-14(22)13-5-10(2)20-8-21-13/h3-6,8H,7H2,1-2H3,(H,19,22). The van der Waals surface area contributed by atoms with Gasteiger partial charge in [-0.3, -0.25) is 4.79 Å². The first-order valence-corrected chi connectivity index (χ1v) is 6.51. The van der Waals surface area contributed by atoms with Crippen molar-refractivity contribution in [2.24, 2.45) is 0 Å². The Bertz CT molecular complexity index is 699. The van der Waals surface area contributed by atoms with Crippen LogP contribution in [-0.4, -0.2) is 15.9 Å². The molecule has 1 aromatic carbocycles. The highest BCUT2D eigenvalue weighted by Gasteiger charge is 2.32. The Morgan fingerprint density at radius 2 is 1.91 bits per heavy atom. The van der Waals surface area contributed by atoms with Crippen molar-refractivity contribution in [3.8, 4) is 0 Å². The van der Waals surface area contributed by atoms with Gasteiger partial charge in [0.1, 0.15) is 12.0 Å². The smallest absolute Gasteiger partial charge is 0.347 e. The first-order chi connectivity index (χ1) is 10.3. The maximum atomic E-state index is 12.8. The Hall–Kier alpha value is -2.44. The highest BCUT2D eigenvalue weighted by atomic mass is 19.4. The van der Waals surface area contributed by atoms with E-state index >= 15 is 0 Å². The lowest BCUT2D eigenvalue weighted by atomic mass is 10.0. The number of hydrogen-bond donors (Lipinski definition) is 1. The van der Waals surface area contributed by atoms with E-state index in [0.717, 1.165) is 6.07 Å². The zero-order valence-electron chi connectivity index (χ0n) is 12.0. The quantitative estimate of drug-likeness (QED) is 0.948. The fourth-order valence-corrected chi connectivity index (χ4v) is 1.94. The van der Waals surface area contributed by atoms with Crippen molar-refractivity contribution in [3.05, 3.63) is 58.7 Å². The molecule has 0 atom stereocenters. The summed E-state index contributed by atoms with van der Waals surface area (Å²) in [5.74, 6) is -0.459. The topological polar surface area (TPSA) is 54.9 Å². The molecule has 1 N–H and O–H groups in total. The minimum absolute atomic E-state index is 0.00869. The van der Waals surface area contributed by atoms with Gasteiger partial charge in [0.15, 0.2) is 0 Å². The molecule has 7 heteroatoms. The van der Waals surface area contributed by atoms with Crippen LogP contribution in [0.2, 0.25) is 0 Å². The Morgan fingerprint density at radius 1 is 1.18 bits per heavy atom. The summed E-state index contributed by atoms with van der Waals surface area (Å²) >= 11 is 0. The molecule has 0 aliphatic rings. The van der Waals surface area contributed by atoms with Crippen molar-refractivity contribution in [1.82, 2.24) is 15.3 Å². The van der Waals surface area contributed by atoms with Crippen LogP contribution in [-0.2, 0) is 12.7 Å². The Morgan fingerprint density at radius 3 is 2.55 bits per heavy atom. The van der Waals surface area contributed by atoms with Gasteiger partial charge in [-0.25, -0.2) is 9.97 Å². The first kappa shape index (κ1) is 15.9. The predicted octanol–water partition coefficient (Wildman–Crippen LogP) is 3.04. The highest BCUT2D eigenvalue weighted by molar-refractivity contribution is 5.92. The van der Waals surface area contributed by atoms with Crippen LogP contribution in [0.1, 0.15) is 32.9 Å². The molecule has 0 saturated heterocycles. The Labute approximate surface area is 125 Å². The summed E-state index contributed by atoms with van der Waals surface area (Å²) in [6.07, 6.45) is -3.15. The van der Waals surface area contributed by atoms with Crippen molar-refractivity contribution in [2.75, 3.05) is 0 Å². The zero-order valence-corrected chi connectivity index (χ0v) is 12.0. The Balaban J connectivity index is 2.10. The van der Waals surface area contributed by atoms with Crippen molar-refractivity contribution in [3.63, 3.8) is 0 Å². The van der Waals surface area contributed by atoms with Gasteiger partial charge >= 0.3 is 6.18 Å². The van der Waals surface area contributed by atoms with Crippen molar-refractivity contribution in [1.29, 1.82) is 0 Å². The predicted molar refractivity (Wildman–Crippen MR) is 74.1 cm³/mol. The number of hydrogen-bond acceptors (Lipinski definition) is 3. The second kappa shape index (κ2) is 6.13. The molecule has 0 unspecified atom stereocenters. The molecule has 2 aromatic rings. The molecule has 0 aliphatic carbocycles. The molecular weight excluding hydrogens is 295 g/mol. The normalized spacial score (nSPS) is 11.3. The maximum absolute atomic E-state index is 12.8. The summed E-state index contributed by atoms with van der Waals surface area (Å²) in [4.78, 5) is 19.6. The number of carbonyl (C=O) groups excluding carboxylic acids is 1. The number of aromatic nitrogens is 2. The number of rotatable bonds is 3. The summed E-state index contributed by atoms with van der Waals surface area (Å²) in [5, 5.41) is 2.54. The summed E-state index contributed by atoms with van der Waals surface area (Å²) in [7, 11) is 0. The molecule has 0 aliphatic heterocycles. The monoisotopic (exact) mass is 309 g/mol. The number of nitrogens with zero attached hydrogens (tertiary/aromatic N) is 2. The largest absolute Gasteiger partial charge is 0.416 e. The van der Waals surface area contributed by atoms with Gasteiger partial charge in [0.2, 0.25) is 0 Å². The number of halogens is 3. The molecule has 1 heterocycles. The van der Waals surface area contributed by atoms with Gasteiger partial charge in [0.05, 0.1) is 5.56 Å². The number of benzene rings is 1. The maximum Gasteiger partial charge on any atom is 0.416 e. The lowest BCUT2D eigenvalue weighted by Gasteiger charge is -2.12. The van der Waals surface area contributed by atoms with Crippen LogP contribution in [0.3, 0.4) is 0 Å². The van der Waals surface area contributed by atoms with E-state index in [4.69, 9.17) is 0 Å². The Kier molecular flexibility index (Phi) is 4.44. The van der Waals surface area contributed by atoms with Gasteiger partial charge in [0, 0.05) is 12.2 Å². The van der Waals surface area contributed by atoms with Crippen LogP contribution in [0, 0.1) is 13.8 Å². The molecule has 0 saturated carbocycles. The van der Waals surface area contributed by atoms with Crippen LogP contribution in [0.15, 0.2) is 30.6 Å². The fourth-order valence-electron chi connectivity index (χ4n) is 1.94. The van der Waals surface area contributed by atoms with Crippen LogP contribution in [0.4, 0.5) is 13.2 Å². The second-order valence-electron chi connectivity index (χ2n) is 4.87. The number of amides is 1. The van der Waals surface area contributed by atoms with E-state index in [0.29, 0.717) is 11.3 Å². The van der Waals surface area contributed by atoms with Crippen molar-refractivity contribution >= 4 is 5.91 Å². The zero-order chi connectivity index (χ0) is 16.3. The molecular formula is C15H14F3N3O. The van der Waals surface area contributed by atoms with E-state index in [-0.39, 0.29) is 17.8 Å². The lowest BCUT2D eigenvalue weighted by Crippen LogP contribution is -2.24. The SMILES string of the molecule is Cc1cc(C(=O)NCc2ccc(C)c(C(F)(F)F)c2)ncn1. The van der Waals surface area contributed by atoms with Crippen LogP contribution in [0.25, 0.3) is 0 Å². The van der Waals surface area contributed by atoms with E-state index in [1.165, 1.54) is 25.4 Å².